The van der Waals surface area contributed by atoms with E-state index in [9.17, 15) is 0 Å². The molecule has 0 radical (unpaired) electrons. The second kappa shape index (κ2) is 7.29. The molecule has 1 aliphatic heterocycles. The smallest absolute Gasteiger partial charge is 0.193 e. The fourth-order valence-electron chi connectivity index (χ4n) is 2.80. The standard InChI is InChI=1S/C16H23N3.HI/c1-17-16(18-10-8-13-6-7-13)19-11-9-14-4-2-3-5-15(14)12-19;/h2-5,13H,6-12H2,1H3,(H,17,18);1H. The van der Waals surface area contributed by atoms with Crippen molar-refractivity contribution in [2.24, 2.45) is 10.9 Å². The van der Waals surface area contributed by atoms with E-state index in [0.29, 0.717) is 0 Å². The van der Waals surface area contributed by atoms with E-state index in [4.69, 9.17) is 0 Å². The van der Waals surface area contributed by atoms with E-state index >= 15 is 0 Å². The Bertz CT molecular complexity index is 469. The van der Waals surface area contributed by atoms with Gasteiger partial charge in [0.25, 0.3) is 0 Å². The molecule has 110 valence electrons. The van der Waals surface area contributed by atoms with Gasteiger partial charge in [-0.15, -0.1) is 24.0 Å². The van der Waals surface area contributed by atoms with Crippen molar-refractivity contribution in [2.45, 2.75) is 32.2 Å². The van der Waals surface area contributed by atoms with Crippen LogP contribution in [0, 0.1) is 5.92 Å². The molecule has 1 aromatic carbocycles. The zero-order valence-electron chi connectivity index (χ0n) is 12.1. The number of hydrogen-bond donors (Lipinski definition) is 1. The monoisotopic (exact) mass is 385 g/mol. The van der Waals surface area contributed by atoms with E-state index < -0.39 is 0 Å². The Morgan fingerprint density at radius 2 is 2.05 bits per heavy atom. The lowest BCUT2D eigenvalue weighted by Crippen LogP contribution is -2.44. The first-order valence-electron chi connectivity index (χ1n) is 7.39. The van der Waals surface area contributed by atoms with Crippen LogP contribution >= 0.6 is 24.0 Å². The van der Waals surface area contributed by atoms with Gasteiger partial charge in [-0.3, -0.25) is 4.99 Å². The van der Waals surface area contributed by atoms with Crippen LogP contribution in [0.1, 0.15) is 30.4 Å². The van der Waals surface area contributed by atoms with Gasteiger partial charge in [0.15, 0.2) is 5.96 Å². The summed E-state index contributed by atoms with van der Waals surface area (Å²) in [5.41, 5.74) is 2.94. The van der Waals surface area contributed by atoms with Crippen LogP contribution in [0.15, 0.2) is 29.3 Å². The lowest BCUT2D eigenvalue weighted by atomic mass is 10.0. The van der Waals surface area contributed by atoms with Gasteiger partial charge in [0, 0.05) is 26.7 Å². The van der Waals surface area contributed by atoms with Crippen molar-refractivity contribution >= 4 is 29.9 Å². The first-order chi connectivity index (χ1) is 9.36. The Balaban J connectivity index is 0.00000147. The minimum atomic E-state index is 0. The van der Waals surface area contributed by atoms with Crippen LogP contribution in [-0.2, 0) is 13.0 Å². The van der Waals surface area contributed by atoms with Crippen LogP contribution < -0.4 is 5.32 Å². The molecule has 3 nitrogen and oxygen atoms in total. The van der Waals surface area contributed by atoms with E-state index in [1.165, 1.54) is 30.4 Å². The van der Waals surface area contributed by atoms with Gasteiger partial charge in [-0.05, 0) is 29.9 Å². The fraction of sp³-hybridized carbons (Fsp3) is 0.562. The predicted molar refractivity (Wildman–Crippen MR) is 94.7 cm³/mol. The molecule has 20 heavy (non-hydrogen) atoms. The van der Waals surface area contributed by atoms with Crippen molar-refractivity contribution in [1.29, 1.82) is 0 Å². The van der Waals surface area contributed by atoms with Crippen LogP contribution in [0.3, 0.4) is 0 Å². The molecule has 0 saturated heterocycles. The summed E-state index contributed by atoms with van der Waals surface area (Å²) in [5, 5.41) is 3.52. The molecule has 3 rings (SSSR count). The van der Waals surface area contributed by atoms with Gasteiger partial charge in [0.1, 0.15) is 0 Å². The van der Waals surface area contributed by atoms with Crippen molar-refractivity contribution in [1.82, 2.24) is 10.2 Å². The average molecular weight is 385 g/mol. The van der Waals surface area contributed by atoms with Crippen molar-refractivity contribution in [3.63, 3.8) is 0 Å². The highest BCUT2D eigenvalue weighted by molar-refractivity contribution is 14.0. The van der Waals surface area contributed by atoms with Crippen molar-refractivity contribution in [2.75, 3.05) is 20.1 Å². The molecular formula is C16H24IN3. The van der Waals surface area contributed by atoms with E-state index in [1.807, 2.05) is 7.05 Å². The molecule has 0 unspecified atom stereocenters. The van der Waals surface area contributed by atoms with Crippen molar-refractivity contribution in [3.8, 4) is 0 Å². The molecule has 4 heteroatoms. The summed E-state index contributed by atoms with van der Waals surface area (Å²) < 4.78 is 0. The molecule has 2 aliphatic rings. The van der Waals surface area contributed by atoms with Gasteiger partial charge >= 0.3 is 0 Å². The summed E-state index contributed by atoms with van der Waals surface area (Å²) in [6, 6.07) is 8.75. The van der Waals surface area contributed by atoms with Gasteiger partial charge in [0.2, 0.25) is 0 Å². The zero-order chi connectivity index (χ0) is 13.1. The SMILES string of the molecule is CN=C(NCCC1CC1)N1CCc2ccccc2C1.I. The molecule has 1 N–H and O–H groups in total. The quantitative estimate of drug-likeness (QED) is 0.492. The maximum atomic E-state index is 4.43. The van der Waals surface area contributed by atoms with Crippen LogP contribution in [0.5, 0.6) is 0 Å². The third-order valence-electron chi connectivity index (χ3n) is 4.17. The number of hydrogen-bond acceptors (Lipinski definition) is 1. The molecule has 0 atom stereocenters. The van der Waals surface area contributed by atoms with Crippen molar-refractivity contribution < 1.29 is 0 Å². The summed E-state index contributed by atoms with van der Waals surface area (Å²) in [6.45, 7) is 3.12. The molecule has 1 aromatic rings. The molecule has 0 spiro atoms. The third-order valence-corrected chi connectivity index (χ3v) is 4.17. The third kappa shape index (κ3) is 3.87. The van der Waals surface area contributed by atoms with Gasteiger partial charge < -0.3 is 10.2 Å². The topological polar surface area (TPSA) is 27.6 Å². The highest BCUT2D eigenvalue weighted by Crippen LogP contribution is 2.31. The number of rotatable bonds is 3. The van der Waals surface area contributed by atoms with Crippen LogP contribution in [-0.4, -0.2) is 31.0 Å². The summed E-state index contributed by atoms with van der Waals surface area (Å²) in [5.74, 6) is 2.04. The molecule has 0 aromatic heterocycles. The van der Waals surface area contributed by atoms with E-state index in [-0.39, 0.29) is 24.0 Å². The Hall–Kier alpha value is -0.780. The lowest BCUT2D eigenvalue weighted by Gasteiger charge is -2.31. The molecule has 1 saturated carbocycles. The molecule has 1 heterocycles. The van der Waals surface area contributed by atoms with Crippen LogP contribution in [0.4, 0.5) is 0 Å². The second-order valence-corrected chi connectivity index (χ2v) is 5.65. The number of nitrogens with zero attached hydrogens (tertiary/aromatic N) is 2. The zero-order valence-corrected chi connectivity index (χ0v) is 14.5. The molecule has 1 fully saturated rings. The Morgan fingerprint density at radius 1 is 1.30 bits per heavy atom. The predicted octanol–water partition coefficient (Wildman–Crippen LogP) is 3.04. The number of fused-ring (bicyclic) bond motifs is 1. The van der Waals surface area contributed by atoms with Crippen molar-refractivity contribution in [3.05, 3.63) is 35.4 Å². The van der Waals surface area contributed by atoms with Gasteiger partial charge in [-0.1, -0.05) is 37.1 Å². The molecule has 0 bridgehead atoms. The number of benzene rings is 1. The lowest BCUT2D eigenvalue weighted by molar-refractivity contribution is 0.378. The maximum Gasteiger partial charge on any atom is 0.193 e. The summed E-state index contributed by atoms with van der Waals surface area (Å²) in [7, 11) is 1.89. The Labute approximate surface area is 138 Å². The molecule has 1 aliphatic carbocycles. The number of halogens is 1. The number of nitrogens with one attached hydrogen (secondary N) is 1. The van der Waals surface area contributed by atoms with E-state index in [2.05, 4.69) is 39.5 Å². The van der Waals surface area contributed by atoms with Gasteiger partial charge in [0.05, 0.1) is 0 Å². The Morgan fingerprint density at radius 3 is 2.75 bits per heavy atom. The highest BCUT2D eigenvalue weighted by atomic mass is 127. The summed E-state index contributed by atoms with van der Waals surface area (Å²) in [4.78, 5) is 6.80. The van der Waals surface area contributed by atoms with Gasteiger partial charge in [-0.2, -0.15) is 0 Å². The highest BCUT2D eigenvalue weighted by Gasteiger charge is 2.22. The van der Waals surface area contributed by atoms with Crippen LogP contribution in [0.2, 0.25) is 0 Å². The normalized spacial score (nSPS) is 18.2. The summed E-state index contributed by atoms with van der Waals surface area (Å²) >= 11 is 0. The molecular weight excluding hydrogens is 361 g/mol. The number of guanidine groups is 1. The second-order valence-electron chi connectivity index (χ2n) is 5.65. The maximum absolute atomic E-state index is 4.43. The minimum Gasteiger partial charge on any atom is -0.356 e. The van der Waals surface area contributed by atoms with E-state index in [0.717, 1.165) is 37.9 Å². The first-order valence-corrected chi connectivity index (χ1v) is 7.39. The van der Waals surface area contributed by atoms with Crippen LogP contribution in [0.25, 0.3) is 0 Å². The largest absolute Gasteiger partial charge is 0.356 e. The fourth-order valence-corrected chi connectivity index (χ4v) is 2.80. The minimum absolute atomic E-state index is 0. The summed E-state index contributed by atoms with van der Waals surface area (Å²) in [6.07, 6.45) is 5.28. The number of aliphatic imine (C=N–C) groups is 1. The average Bonchev–Trinajstić information content (AvgIpc) is 3.27. The first kappa shape index (κ1) is 15.6. The molecule has 0 amide bonds. The van der Waals surface area contributed by atoms with E-state index in [1.54, 1.807) is 0 Å². The Kier molecular flexibility index (Phi) is 5.69. The van der Waals surface area contributed by atoms with Gasteiger partial charge in [-0.25, -0.2) is 0 Å².